The van der Waals surface area contributed by atoms with E-state index in [0.717, 1.165) is 0 Å². The molecule has 0 bridgehead atoms. The Labute approximate surface area is 69.4 Å². The Morgan fingerprint density at radius 2 is 2.33 bits per heavy atom. The summed E-state index contributed by atoms with van der Waals surface area (Å²) in [5.41, 5.74) is 0. The lowest BCUT2D eigenvalue weighted by Crippen LogP contribution is -2.49. The Bertz CT molecular complexity index is 204. The number of carbonyl (C=O) groups is 2. The second-order valence-corrected chi connectivity index (χ2v) is 2.84. The maximum absolute atomic E-state index is 10.8. The highest BCUT2D eigenvalue weighted by molar-refractivity contribution is 5.81. The smallest absolute Gasteiger partial charge is 0.308 e. The zero-order valence-corrected chi connectivity index (χ0v) is 6.49. The van der Waals surface area contributed by atoms with Crippen LogP contribution in [0, 0.1) is 5.92 Å². The highest BCUT2D eigenvalue weighted by Gasteiger charge is 2.32. The van der Waals surface area contributed by atoms with Gasteiger partial charge in [0.2, 0.25) is 5.91 Å². The summed E-state index contributed by atoms with van der Waals surface area (Å²) in [6.45, 7) is -0.317. The number of piperidine rings is 1. The normalized spacial score (nSPS) is 29.6. The van der Waals surface area contributed by atoms with E-state index in [9.17, 15) is 9.59 Å². The van der Waals surface area contributed by atoms with E-state index in [1.54, 1.807) is 0 Å². The molecule has 3 N–H and O–H groups in total. The Kier molecular flexibility index (Phi) is 2.65. The molecule has 1 aliphatic heterocycles. The van der Waals surface area contributed by atoms with Gasteiger partial charge in [-0.15, -0.1) is 0 Å². The van der Waals surface area contributed by atoms with Gasteiger partial charge in [0, 0.05) is 6.42 Å². The molecule has 1 heterocycles. The molecule has 1 saturated heterocycles. The summed E-state index contributed by atoms with van der Waals surface area (Å²) in [7, 11) is 0. The Morgan fingerprint density at radius 1 is 1.67 bits per heavy atom. The average Bonchev–Trinajstić information content (AvgIpc) is 2.03. The molecule has 1 aliphatic rings. The van der Waals surface area contributed by atoms with E-state index in [2.05, 4.69) is 5.32 Å². The molecule has 0 aromatic heterocycles. The van der Waals surface area contributed by atoms with Crippen LogP contribution >= 0.6 is 0 Å². The molecule has 2 unspecified atom stereocenters. The number of carbonyl (C=O) groups excluding carboxylic acids is 1. The van der Waals surface area contributed by atoms with Crippen LogP contribution in [0.15, 0.2) is 0 Å². The highest BCUT2D eigenvalue weighted by Crippen LogP contribution is 2.16. The van der Waals surface area contributed by atoms with Gasteiger partial charge in [0.15, 0.2) is 0 Å². The van der Waals surface area contributed by atoms with E-state index in [0.29, 0.717) is 6.42 Å². The van der Waals surface area contributed by atoms with Gasteiger partial charge < -0.3 is 15.5 Å². The summed E-state index contributed by atoms with van der Waals surface area (Å²) in [4.78, 5) is 21.4. The number of aliphatic hydroxyl groups is 1. The van der Waals surface area contributed by atoms with Crippen LogP contribution in [0.2, 0.25) is 0 Å². The predicted octanol–water partition coefficient (Wildman–Crippen LogP) is -1.04. The van der Waals surface area contributed by atoms with E-state index in [1.165, 1.54) is 0 Å². The topological polar surface area (TPSA) is 86.6 Å². The van der Waals surface area contributed by atoms with E-state index in [-0.39, 0.29) is 18.9 Å². The third-order valence-electron chi connectivity index (χ3n) is 2.03. The van der Waals surface area contributed by atoms with Gasteiger partial charge in [-0.25, -0.2) is 0 Å². The maximum atomic E-state index is 10.8. The number of nitrogens with one attached hydrogen (secondary N) is 1. The van der Waals surface area contributed by atoms with Crippen LogP contribution in [0.4, 0.5) is 0 Å². The van der Waals surface area contributed by atoms with Crippen molar-refractivity contribution in [2.45, 2.75) is 18.9 Å². The standard InChI is InChI=1S/C7H11NO4/c9-3-5-4(7(11)12)1-2-6(10)8-5/h4-5,9H,1-3H2,(H,8,10)(H,11,12). The van der Waals surface area contributed by atoms with Crippen molar-refractivity contribution in [2.75, 3.05) is 6.61 Å². The Balaban J connectivity index is 2.62. The van der Waals surface area contributed by atoms with Crippen LogP contribution in [0.5, 0.6) is 0 Å². The molecule has 12 heavy (non-hydrogen) atoms. The van der Waals surface area contributed by atoms with Crippen molar-refractivity contribution < 1.29 is 19.8 Å². The molecule has 1 rings (SSSR count). The van der Waals surface area contributed by atoms with Crippen molar-refractivity contribution in [2.24, 2.45) is 5.92 Å². The third-order valence-corrected chi connectivity index (χ3v) is 2.03. The fourth-order valence-corrected chi connectivity index (χ4v) is 1.34. The Hall–Kier alpha value is -1.10. The molecular formula is C7H11NO4. The number of aliphatic hydroxyl groups excluding tert-OH is 1. The fraction of sp³-hybridized carbons (Fsp3) is 0.714. The van der Waals surface area contributed by atoms with E-state index >= 15 is 0 Å². The van der Waals surface area contributed by atoms with Crippen molar-refractivity contribution >= 4 is 11.9 Å². The monoisotopic (exact) mass is 173 g/mol. The van der Waals surface area contributed by atoms with Crippen molar-refractivity contribution in [3.05, 3.63) is 0 Å². The van der Waals surface area contributed by atoms with Gasteiger partial charge in [-0.05, 0) is 6.42 Å². The number of hydrogen-bond acceptors (Lipinski definition) is 3. The van der Waals surface area contributed by atoms with Crippen molar-refractivity contribution in [3.8, 4) is 0 Å². The van der Waals surface area contributed by atoms with Crippen LogP contribution in [0.3, 0.4) is 0 Å². The van der Waals surface area contributed by atoms with Gasteiger partial charge >= 0.3 is 5.97 Å². The highest BCUT2D eigenvalue weighted by atomic mass is 16.4. The second kappa shape index (κ2) is 3.53. The van der Waals surface area contributed by atoms with E-state index in [4.69, 9.17) is 10.2 Å². The number of amides is 1. The van der Waals surface area contributed by atoms with Gasteiger partial charge in [-0.1, -0.05) is 0 Å². The maximum Gasteiger partial charge on any atom is 0.308 e. The fourth-order valence-electron chi connectivity index (χ4n) is 1.34. The molecule has 0 aliphatic carbocycles. The molecule has 0 radical (unpaired) electrons. The number of aliphatic carboxylic acids is 1. The number of carboxylic acids is 1. The SMILES string of the molecule is O=C1CCC(C(=O)O)C(CO)N1. The molecular weight excluding hydrogens is 162 g/mol. The summed E-state index contributed by atoms with van der Waals surface area (Å²) in [6, 6.07) is -0.622. The first-order valence-electron chi connectivity index (χ1n) is 3.78. The first-order valence-corrected chi connectivity index (χ1v) is 3.78. The lowest BCUT2D eigenvalue weighted by molar-refractivity contribution is -0.145. The summed E-state index contributed by atoms with van der Waals surface area (Å²) in [6.07, 6.45) is 0.542. The van der Waals surface area contributed by atoms with Crippen LogP contribution in [0.1, 0.15) is 12.8 Å². The van der Waals surface area contributed by atoms with Crippen molar-refractivity contribution in [3.63, 3.8) is 0 Å². The minimum Gasteiger partial charge on any atom is -0.481 e. The zero-order chi connectivity index (χ0) is 9.14. The van der Waals surface area contributed by atoms with Gasteiger partial charge in [0.25, 0.3) is 0 Å². The molecule has 5 nitrogen and oxygen atoms in total. The summed E-state index contributed by atoms with van der Waals surface area (Å²) < 4.78 is 0. The predicted molar refractivity (Wildman–Crippen MR) is 39.4 cm³/mol. The minimum atomic E-state index is -0.964. The lowest BCUT2D eigenvalue weighted by atomic mass is 9.91. The molecule has 2 atom stereocenters. The molecule has 0 saturated carbocycles. The van der Waals surface area contributed by atoms with Gasteiger partial charge in [0.1, 0.15) is 0 Å². The second-order valence-electron chi connectivity index (χ2n) is 2.84. The van der Waals surface area contributed by atoms with Crippen LogP contribution < -0.4 is 5.32 Å². The molecule has 1 amide bonds. The number of rotatable bonds is 2. The van der Waals surface area contributed by atoms with E-state index in [1.807, 2.05) is 0 Å². The quantitative estimate of drug-likeness (QED) is 0.497. The summed E-state index contributed by atoms with van der Waals surface area (Å²) in [5.74, 6) is -1.80. The number of carboxylic acid groups (broad SMARTS) is 1. The molecule has 0 aromatic carbocycles. The molecule has 68 valence electrons. The average molecular weight is 173 g/mol. The molecule has 5 heteroatoms. The minimum absolute atomic E-state index is 0.188. The van der Waals surface area contributed by atoms with Gasteiger partial charge in [-0.2, -0.15) is 0 Å². The largest absolute Gasteiger partial charge is 0.481 e. The molecule has 0 aromatic rings. The van der Waals surface area contributed by atoms with Crippen molar-refractivity contribution in [1.82, 2.24) is 5.32 Å². The first kappa shape index (κ1) is 8.99. The van der Waals surface area contributed by atoms with E-state index < -0.39 is 17.9 Å². The molecule has 1 fully saturated rings. The van der Waals surface area contributed by atoms with Crippen LogP contribution in [-0.2, 0) is 9.59 Å². The molecule has 0 spiro atoms. The van der Waals surface area contributed by atoms with Crippen molar-refractivity contribution in [1.29, 1.82) is 0 Å². The number of hydrogen-bond donors (Lipinski definition) is 3. The first-order chi connectivity index (χ1) is 5.65. The summed E-state index contributed by atoms with van der Waals surface area (Å²) in [5, 5.41) is 19.8. The van der Waals surface area contributed by atoms with Crippen LogP contribution in [-0.4, -0.2) is 34.7 Å². The van der Waals surface area contributed by atoms with Crippen LogP contribution in [0.25, 0.3) is 0 Å². The zero-order valence-electron chi connectivity index (χ0n) is 6.49. The van der Waals surface area contributed by atoms with Gasteiger partial charge in [0.05, 0.1) is 18.6 Å². The van der Waals surface area contributed by atoms with Gasteiger partial charge in [-0.3, -0.25) is 9.59 Å². The third kappa shape index (κ3) is 1.73. The summed E-state index contributed by atoms with van der Waals surface area (Å²) >= 11 is 0. The Morgan fingerprint density at radius 3 is 2.83 bits per heavy atom. The lowest BCUT2D eigenvalue weighted by Gasteiger charge is -2.27.